The van der Waals surface area contributed by atoms with Gasteiger partial charge >= 0.3 is 12.1 Å². The number of Topliss-reactive ketones (excluding diaryl/α,β-unsaturated/α-hetero) is 1. The Hall–Kier alpha value is -3.93. The maximum atomic E-state index is 12.5. The number of ketones is 1. The molecule has 4 rings (SSSR count). The first-order chi connectivity index (χ1) is 15.5. The van der Waals surface area contributed by atoms with Gasteiger partial charge in [-0.3, -0.25) is 14.9 Å². The van der Waals surface area contributed by atoms with Crippen LogP contribution in [-0.4, -0.2) is 29.6 Å². The number of aliphatic carboxylic acids is 1. The summed E-state index contributed by atoms with van der Waals surface area (Å²) < 4.78 is 5.55. The van der Waals surface area contributed by atoms with Crippen LogP contribution in [0.3, 0.4) is 0 Å². The van der Waals surface area contributed by atoms with Gasteiger partial charge in [0.15, 0.2) is 5.78 Å². The summed E-state index contributed by atoms with van der Waals surface area (Å²) in [5.41, 5.74) is 5.23. The van der Waals surface area contributed by atoms with E-state index in [-0.39, 0.29) is 37.6 Å². The summed E-state index contributed by atoms with van der Waals surface area (Å²) in [7, 11) is 0. The highest BCUT2D eigenvalue weighted by Gasteiger charge is 2.29. The van der Waals surface area contributed by atoms with Crippen LogP contribution in [0.1, 0.15) is 46.7 Å². The maximum absolute atomic E-state index is 12.5. The quantitative estimate of drug-likeness (QED) is 0.462. The van der Waals surface area contributed by atoms with Crippen molar-refractivity contribution in [3.8, 4) is 11.1 Å². The highest BCUT2D eigenvalue weighted by Crippen LogP contribution is 2.44. The second-order valence-electron chi connectivity index (χ2n) is 7.67. The third-order valence-electron chi connectivity index (χ3n) is 5.60. The Labute approximate surface area is 185 Å². The summed E-state index contributed by atoms with van der Waals surface area (Å²) in [5.74, 6) is -1.22. The van der Waals surface area contributed by atoms with E-state index >= 15 is 0 Å². The molecule has 1 amide bonds. The number of fused-ring (bicyclic) bond motifs is 3. The highest BCUT2D eigenvalue weighted by molar-refractivity contribution is 6.04. The van der Waals surface area contributed by atoms with Crippen molar-refractivity contribution in [2.75, 3.05) is 11.9 Å². The highest BCUT2D eigenvalue weighted by atomic mass is 16.5. The van der Waals surface area contributed by atoms with Crippen molar-refractivity contribution in [1.82, 2.24) is 0 Å². The molecule has 32 heavy (non-hydrogen) atoms. The van der Waals surface area contributed by atoms with Crippen molar-refractivity contribution < 1.29 is 24.2 Å². The second kappa shape index (κ2) is 9.47. The van der Waals surface area contributed by atoms with Crippen molar-refractivity contribution in [3.63, 3.8) is 0 Å². The summed E-state index contributed by atoms with van der Waals surface area (Å²) in [6, 6.07) is 22.8. The Morgan fingerprint density at radius 3 is 2.06 bits per heavy atom. The van der Waals surface area contributed by atoms with Crippen LogP contribution in [0, 0.1) is 0 Å². The van der Waals surface area contributed by atoms with Gasteiger partial charge in [0, 0.05) is 24.3 Å². The van der Waals surface area contributed by atoms with E-state index in [0.29, 0.717) is 11.3 Å². The van der Waals surface area contributed by atoms with Crippen molar-refractivity contribution in [3.05, 3.63) is 89.5 Å². The predicted octanol–water partition coefficient (Wildman–Crippen LogP) is 5.49. The lowest BCUT2D eigenvalue weighted by Crippen LogP contribution is -2.19. The Bertz CT molecular complexity index is 1120. The molecule has 0 unspecified atom stereocenters. The number of carboxylic acid groups (broad SMARTS) is 1. The SMILES string of the molecule is O=C(O)CCCC(=O)c1ccccc1NC(=O)OCC1c2ccccc2-c2ccccc21. The molecule has 0 spiro atoms. The Morgan fingerprint density at radius 1 is 0.812 bits per heavy atom. The van der Waals surface area contributed by atoms with Crippen LogP contribution < -0.4 is 5.32 Å². The molecular formula is C26H23NO5. The molecule has 0 bridgehead atoms. The van der Waals surface area contributed by atoms with Crippen LogP contribution in [0.4, 0.5) is 10.5 Å². The summed E-state index contributed by atoms with van der Waals surface area (Å²) in [5, 5.41) is 11.4. The normalized spacial score (nSPS) is 12.0. The van der Waals surface area contributed by atoms with Gasteiger partial charge in [-0.05, 0) is 40.8 Å². The number of nitrogens with one attached hydrogen (secondary N) is 1. The average Bonchev–Trinajstić information content (AvgIpc) is 3.11. The number of carbonyl (C=O) groups is 3. The number of carbonyl (C=O) groups excluding carboxylic acids is 2. The number of hydrogen-bond acceptors (Lipinski definition) is 4. The average molecular weight is 429 g/mol. The van der Waals surface area contributed by atoms with E-state index in [1.54, 1.807) is 24.3 Å². The van der Waals surface area contributed by atoms with E-state index in [0.717, 1.165) is 22.3 Å². The van der Waals surface area contributed by atoms with E-state index in [4.69, 9.17) is 9.84 Å². The van der Waals surface area contributed by atoms with Gasteiger partial charge in [-0.2, -0.15) is 0 Å². The standard InChI is InChI=1S/C26H23NO5/c28-24(14-7-15-25(29)30)21-12-5-6-13-23(21)27-26(31)32-16-22-19-10-3-1-8-17(19)18-9-2-4-11-20(18)22/h1-6,8-13,22H,7,14-16H2,(H,27,31)(H,29,30). The zero-order valence-corrected chi connectivity index (χ0v) is 17.4. The van der Waals surface area contributed by atoms with Gasteiger partial charge in [-0.25, -0.2) is 4.79 Å². The number of anilines is 1. The van der Waals surface area contributed by atoms with Gasteiger partial charge < -0.3 is 9.84 Å². The minimum absolute atomic E-state index is 0.0546. The van der Waals surface area contributed by atoms with Gasteiger partial charge in [0.25, 0.3) is 0 Å². The van der Waals surface area contributed by atoms with Crippen molar-refractivity contribution in [2.45, 2.75) is 25.2 Å². The number of para-hydroxylation sites is 1. The molecule has 0 atom stereocenters. The van der Waals surface area contributed by atoms with Gasteiger partial charge in [0.1, 0.15) is 6.61 Å². The molecule has 3 aromatic rings. The molecule has 3 aromatic carbocycles. The molecule has 0 aliphatic heterocycles. The number of hydrogen-bond donors (Lipinski definition) is 2. The Morgan fingerprint density at radius 2 is 1.41 bits per heavy atom. The van der Waals surface area contributed by atoms with E-state index in [2.05, 4.69) is 17.4 Å². The van der Waals surface area contributed by atoms with Crippen molar-refractivity contribution >= 4 is 23.5 Å². The fraction of sp³-hybridized carbons (Fsp3) is 0.192. The molecule has 1 aliphatic rings. The lowest BCUT2D eigenvalue weighted by molar-refractivity contribution is -0.137. The lowest BCUT2D eigenvalue weighted by atomic mass is 9.98. The molecule has 6 heteroatoms. The molecule has 2 N–H and O–H groups in total. The third-order valence-corrected chi connectivity index (χ3v) is 5.60. The molecule has 0 saturated heterocycles. The first-order valence-corrected chi connectivity index (χ1v) is 10.5. The number of carboxylic acids is 1. The van der Waals surface area contributed by atoms with Crippen molar-refractivity contribution in [2.24, 2.45) is 0 Å². The molecule has 0 radical (unpaired) electrons. The van der Waals surface area contributed by atoms with Crippen LogP contribution >= 0.6 is 0 Å². The topological polar surface area (TPSA) is 92.7 Å². The fourth-order valence-corrected chi connectivity index (χ4v) is 4.11. The predicted molar refractivity (Wildman–Crippen MR) is 121 cm³/mol. The molecule has 1 aliphatic carbocycles. The Kier molecular flexibility index (Phi) is 6.31. The first kappa shape index (κ1) is 21.3. The summed E-state index contributed by atoms with van der Waals surface area (Å²) in [4.78, 5) is 35.7. The van der Waals surface area contributed by atoms with Crippen LogP contribution in [0.25, 0.3) is 11.1 Å². The van der Waals surface area contributed by atoms with Crippen LogP contribution in [-0.2, 0) is 9.53 Å². The molecule has 0 saturated carbocycles. The largest absolute Gasteiger partial charge is 0.481 e. The number of rotatable bonds is 8. The third kappa shape index (κ3) is 4.54. The first-order valence-electron chi connectivity index (χ1n) is 10.5. The van der Waals surface area contributed by atoms with Gasteiger partial charge in [-0.15, -0.1) is 0 Å². The summed E-state index contributed by atoms with van der Waals surface area (Å²) >= 11 is 0. The van der Waals surface area contributed by atoms with Gasteiger partial charge in [0.05, 0.1) is 5.69 Å². The molecule has 0 fully saturated rings. The smallest absolute Gasteiger partial charge is 0.411 e. The number of benzene rings is 3. The fourth-order valence-electron chi connectivity index (χ4n) is 4.11. The monoisotopic (exact) mass is 429 g/mol. The zero-order valence-electron chi connectivity index (χ0n) is 17.4. The summed E-state index contributed by atoms with van der Waals surface area (Å²) in [6.45, 7) is 0.175. The number of ether oxygens (including phenoxy) is 1. The summed E-state index contributed by atoms with van der Waals surface area (Å²) in [6.07, 6.45) is -0.380. The van der Waals surface area contributed by atoms with Gasteiger partial charge in [-0.1, -0.05) is 60.7 Å². The molecule has 6 nitrogen and oxygen atoms in total. The zero-order chi connectivity index (χ0) is 22.5. The minimum atomic E-state index is -0.942. The van der Waals surface area contributed by atoms with E-state index in [1.165, 1.54) is 0 Å². The molecule has 0 heterocycles. The minimum Gasteiger partial charge on any atom is -0.481 e. The Balaban J connectivity index is 1.42. The molecule has 162 valence electrons. The lowest BCUT2D eigenvalue weighted by Gasteiger charge is -2.15. The molecular weight excluding hydrogens is 406 g/mol. The number of amides is 1. The van der Waals surface area contributed by atoms with Crippen LogP contribution in [0.15, 0.2) is 72.8 Å². The van der Waals surface area contributed by atoms with Crippen LogP contribution in [0.2, 0.25) is 0 Å². The second-order valence-corrected chi connectivity index (χ2v) is 7.67. The van der Waals surface area contributed by atoms with Crippen molar-refractivity contribution in [1.29, 1.82) is 0 Å². The van der Waals surface area contributed by atoms with E-state index in [1.807, 2.05) is 36.4 Å². The molecule has 0 aromatic heterocycles. The van der Waals surface area contributed by atoms with E-state index in [9.17, 15) is 14.4 Å². The maximum Gasteiger partial charge on any atom is 0.411 e. The van der Waals surface area contributed by atoms with Gasteiger partial charge in [0.2, 0.25) is 0 Å². The van der Waals surface area contributed by atoms with Crippen LogP contribution in [0.5, 0.6) is 0 Å². The van der Waals surface area contributed by atoms with E-state index < -0.39 is 12.1 Å².